The van der Waals surface area contributed by atoms with Crippen LogP contribution in [0.15, 0.2) is 51.7 Å². The summed E-state index contributed by atoms with van der Waals surface area (Å²) in [6, 6.07) is 12.9. The number of methoxy groups -OCH3 is 1. The van der Waals surface area contributed by atoms with Crippen LogP contribution in [0.4, 0.5) is 5.69 Å². The van der Waals surface area contributed by atoms with Crippen molar-refractivity contribution >= 4 is 28.5 Å². The van der Waals surface area contributed by atoms with Crippen molar-refractivity contribution in [2.24, 2.45) is 0 Å². The Labute approximate surface area is 186 Å². The van der Waals surface area contributed by atoms with Gasteiger partial charge in [-0.25, -0.2) is 4.79 Å². The summed E-state index contributed by atoms with van der Waals surface area (Å²) in [6.07, 6.45) is 1.93. The van der Waals surface area contributed by atoms with E-state index in [4.69, 9.17) is 9.15 Å². The summed E-state index contributed by atoms with van der Waals surface area (Å²) < 4.78 is 10.6. The number of hydrogen-bond donors (Lipinski definition) is 1. The van der Waals surface area contributed by atoms with E-state index in [0.717, 1.165) is 29.5 Å². The van der Waals surface area contributed by atoms with Gasteiger partial charge in [-0.05, 0) is 55.2 Å². The fraction of sp³-hybridized carbons (Fsp3) is 0.320. The van der Waals surface area contributed by atoms with Crippen molar-refractivity contribution in [2.45, 2.75) is 39.2 Å². The molecule has 1 aliphatic heterocycles. The molecule has 32 heavy (non-hydrogen) atoms. The summed E-state index contributed by atoms with van der Waals surface area (Å²) >= 11 is 0. The van der Waals surface area contributed by atoms with Gasteiger partial charge >= 0.3 is 5.63 Å². The number of carbonyl (C=O) groups excluding carboxylic acids is 2. The Kier molecular flexibility index (Phi) is 6.25. The molecule has 1 saturated heterocycles. The van der Waals surface area contributed by atoms with Gasteiger partial charge in [-0.1, -0.05) is 12.1 Å². The van der Waals surface area contributed by atoms with Crippen molar-refractivity contribution in [2.75, 3.05) is 19.0 Å². The van der Waals surface area contributed by atoms with Crippen LogP contribution in [0.2, 0.25) is 0 Å². The SMILES string of the molecule is COc1ccc2c(C)c(CCC(=O)Nc3cccc(CN4CCCC4=O)c3)c(=O)oc2c1. The Bertz CT molecular complexity index is 1230. The normalized spacial score (nSPS) is 13.6. The van der Waals surface area contributed by atoms with E-state index in [9.17, 15) is 14.4 Å². The number of hydrogen-bond acceptors (Lipinski definition) is 5. The summed E-state index contributed by atoms with van der Waals surface area (Å²) in [5.74, 6) is 0.596. The van der Waals surface area contributed by atoms with Gasteiger partial charge in [-0.3, -0.25) is 9.59 Å². The van der Waals surface area contributed by atoms with Crippen LogP contribution >= 0.6 is 0 Å². The lowest BCUT2D eigenvalue weighted by atomic mass is 10.0. The minimum atomic E-state index is -0.437. The van der Waals surface area contributed by atoms with E-state index < -0.39 is 5.63 Å². The largest absolute Gasteiger partial charge is 0.497 e. The van der Waals surface area contributed by atoms with E-state index in [1.54, 1.807) is 13.2 Å². The van der Waals surface area contributed by atoms with Gasteiger partial charge in [0, 0.05) is 48.6 Å². The van der Waals surface area contributed by atoms with Gasteiger partial charge in [0.15, 0.2) is 0 Å². The highest BCUT2D eigenvalue weighted by Crippen LogP contribution is 2.24. The van der Waals surface area contributed by atoms with Crippen molar-refractivity contribution in [3.05, 3.63) is 69.6 Å². The Hall–Kier alpha value is -3.61. The molecule has 0 bridgehead atoms. The number of likely N-dealkylation sites (tertiary alicyclic amines) is 1. The third-order valence-electron chi connectivity index (χ3n) is 5.85. The van der Waals surface area contributed by atoms with Crippen molar-refractivity contribution in [1.82, 2.24) is 4.90 Å². The van der Waals surface area contributed by atoms with Crippen LogP contribution in [0.1, 0.15) is 36.0 Å². The van der Waals surface area contributed by atoms with Crippen LogP contribution in [0.25, 0.3) is 11.0 Å². The maximum atomic E-state index is 12.5. The molecule has 1 aliphatic rings. The fourth-order valence-corrected chi connectivity index (χ4v) is 4.09. The third kappa shape index (κ3) is 4.66. The molecule has 0 radical (unpaired) electrons. The van der Waals surface area contributed by atoms with Crippen LogP contribution in [0.5, 0.6) is 5.75 Å². The van der Waals surface area contributed by atoms with Crippen LogP contribution in [-0.2, 0) is 22.6 Å². The highest BCUT2D eigenvalue weighted by atomic mass is 16.5. The number of nitrogens with one attached hydrogen (secondary N) is 1. The third-order valence-corrected chi connectivity index (χ3v) is 5.85. The van der Waals surface area contributed by atoms with E-state index in [0.29, 0.717) is 35.5 Å². The fourth-order valence-electron chi connectivity index (χ4n) is 4.09. The quantitative estimate of drug-likeness (QED) is 0.572. The number of aryl methyl sites for hydroxylation is 1. The summed E-state index contributed by atoms with van der Waals surface area (Å²) in [4.78, 5) is 38.7. The molecule has 0 aliphatic carbocycles. The van der Waals surface area contributed by atoms with Gasteiger partial charge in [-0.2, -0.15) is 0 Å². The molecule has 0 saturated carbocycles. The molecule has 4 rings (SSSR count). The summed E-state index contributed by atoms with van der Waals surface area (Å²) in [6.45, 7) is 3.18. The van der Waals surface area contributed by atoms with Crippen molar-refractivity contribution in [3.8, 4) is 5.75 Å². The topological polar surface area (TPSA) is 88.9 Å². The van der Waals surface area contributed by atoms with Crippen LogP contribution in [-0.4, -0.2) is 30.4 Å². The van der Waals surface area contributed by atoms with Crippen molar-refractivity contribution in [1.29, 1.82) is 0 Å². The zero-order chi connectivity index (χ0) is 22.7. The van der Waals surface area contributed by atoms with Gasteiger partial charge < -0.3 is 19.4 Å². The molecule has 7 nitrogen and oxygen atoms in total. The number of amides is 2. The molecular formula is C25H26N2O5. The van der Waals surface area contributed by atoms with Crippen molar-refractivity contribution in [3.63, 3.8) is 0 Å². The molecule has 1 aromatic heterocycles. The number of anilines is 1. The minimum absolute atomic E-state index is 0.155. The molecule has 166 valence electrons. The zero-order valence-corrected chi connectivity index (χ0v) is 18.3. The lowest BCUT2D eigenvalue weighted by Crippen LogP contribution is -2.23. The lowest BCUT2D eigenvalue weighted by Gasteiger charge is -2.16. The molecule has 2 heterocycles. The molecule has 1 N–H and O–H groups in total. The van der Waals surface area contributed by atoms with Gasteiger partial charge in [0.1, 0.15) is 11.3 Å². The van der Waals surface area contributed by atoms with E-state index >= 15 is 0 Å². The molecule has 0 unspecified atom stereocenters. The Balaban J connectivity index is 1.42. The molecular weight excluding hydrogens is 408 g/mol. The number of fused-ring (bicyclic) bond motifs is 1. The molecule has 0 spiro atoms. The van der Waals surface area contributed by atoms with Crippen LogP contribution < -0.4 is 15.7 Å². The summed E-state index contributed by atoms with van der Waals surface area (Å²) in [5, 5.41) is 3.71. The van der Waals surface area contributed by atoms with E-state index in [1.165, 1.54) is 0 Å². The van der Waals surface area contributed by atoms with Gasteiger partial charge in [0.05, 0.1) is 7.11 Å². The second-order valence-electron chi connectivity index (χ2n) is 8.02. The summed E-state index contributed by atoms with van der Waals surface area (Å²) in [7, 11) is 1.56. The Morgan fingerprint density at radius 1 is 1.19 bits per heavy atom. The smallest absolute Gasteiger partial charge is 0.339 e. The maximum Gasteiger partial charge on any atom is 0.339 e. The lowest BCUT2D eigenvalue weighted by molar-refractivity contribution is -0.128. The zero-order valence-electron chi connectivity index (χ0n) is 18.3. The Morgan fingerprint density at radius 2 is 2.03 bits per heavy atom. The average molecular weight is 434 g/mol. The first-order chi connectivity index (χ1) is 15.4. The second kappa shape index (κ2) is 9.26. The molecule has 7 heteroatoms. The molecule has 3 aromatic rings. The highest BCUT2D eigenvalue weighted by molar-refractivity contribution is 5.91. The standard InChI is InChI=1S/C25H26N2O5/c1-16-20-9-8-19(31-2)14-22(20)32-25(30)21(16)10-11-23(28)26-18-6-3-5-17(13-18)15-27-12-4-7-24(27)29/h3,5-6,8-9,13-14H,4,7,10-12,15H2,1-2H3,(H,26,28). The van der Waals surface area contributed by atoms with Gasteiger partial charge in [-0.15, -0.1) is 0 Å². The number of nitrogens with zero attached hydrogens (tertiary/aromatic N) is 1. The predicted octanol–water partition coefficient (Wildman–Crippen LogP) is 3.80. The molecule has 2 aromatic carbocycles. The van der Waals surface area contributed by atoms with E-state index in [2.05, 4.69) is 5.32 Å². The number of benzene rings is 2. The van der Waals surface area contributed by atoms with Crippen LogP contribution in [0, 0.1) is 6.92 Å². The first-order valence-electron chi connectivity index (χ1n) is 10.7. The van der Waals surface area contributed by atoms with E-state index in [1.807, 2.05) is 48.2 Å². The predicted molar refractivity (Wildman–Crippen MR) is 122 cm³/mol. The number of carbonyl (C=O) groups is 2. The Morgan fingerprint density at radius 3 is 2.78 bits per heavy atom. The molecule has 1 fully saturated rings. The highest BCUT2D eigenvalue weighted by Gasteiger charge is 2.20. The molecule has 2 amide bonds. The number of rotatable bonds is 7. The second-order valence-corrected chi connectivity index (χ2v) is 8.02. The van der Waals surface area contributed by atoms with Gasteiger partial charge in [0.2, 0.25) is 11.8 Å². The number of ether oxygens (including phenoxy) is 1. The average Bonchev–Trinajstić information content (AvgIpc) is 3.17. The van der Waals surface area contributed by atoms with Crippen molar-refractivity contribution < 1.29 is 18.7 Å². The minimum Gasteiger partial charge on any atom is -0.497 e. The maximum absolute atomic E-state index is 12.5. The van der Waals surface area contributed by atoms with Gasteiger partial charge in [0.25, 0.3) is 0 Å². The van der Waals surface area contributed by atoms with E-state index in [-0.39, 0.29) is 24.7 Å². The summed E-state index contributed by atoms with van der Waals surface area (Å²) in [5.41, 5.74) is 2.98. The monoisotopic (exact) mass is 434 g/mol. The van der Waals surface area contributed by atoms with Crippen LogP contribution in [0.3, 0.4) is 0 Å². The molecule has 0 atom stereocenters. The first-order valence-corrected chi connectivity index (χ1v) is 10.7. The first kappa shape index (κ1) is 21.6.